The van der Waals surface area contributed by atoms with Crippen molar-refractivity contribution in [3.8, 4) is 0 Å². The smallest absolute Gasteiger partial charge is 0.237 e. The lowest BCUT2D eigenvalue weighted by Gasteiger charge is -2.46. The number of morpholine rings is 1. The predicted molar refractivity (Wildman–Crippen MR) is 81.9 cm³/mol. The van der Waals surface area contributed by atoms with Gasteiger partial charge in [0.15, 0.2) is 0 Å². The molecule has 1 amide bonds. The molecule has 5 nitrogen and oxygen atoms in total. The fourth-order valence-electron chi connectivity index (χ4n) is 3.92. The largest absolute Gasteiger partial charge is 0.376 e. The van der Waals surface area contributed by atoms with Gasteiger partial charge in [0, 0.05) is 25.2 Å². The highest BCUT2D eigenvalue weighted by Gasteiger charge is 2.46. The van der Waals surface area contributed by atoms with Crippen LogP contribution < -0.4 is 11.1 Å². The van der Waals surface area contributed by atoms with Gasteiger partial charge in [-0.15, -0.1) is 0 Å². The summed E-state index contributed by atoms with van der Waals surface area (Å²) in [6, 6.07) is 0.986. The van der Waals surface area contributed by atoms with E-state index in [1.807, 2.05) is 0 Å². The summed E-state index contributed by atoms with van der Waals surface area (Å²) >= 11 is 0. The van der Waals surface area contributed by atoms with Crippen LogP contribution >= 0.6 is 0 Å². The van der Waals surface area contributed by atoms with Crippen molar-refractivity contribution in [1.29, 1.82) is 0 Å². The Morgan fingerprint density at radius 2 is 2.24 bits per heavy atom. The van der Waals surface area contributed by atoms with Crippen LogP contribution in [0.25, 0.3) is 0 Å². The third-order valence-corrected chi connectivity index (χ3v) is 5.40. The van der Waals surface area contributed by atoms with Gasteiger partial charge >= 0.3 is 0 Å². The second-order valence-corrected chi connectivity index (χ2v) is 7.01. The van der Waals surface area contributed by atoms with Crippen LogP contribution in [-0.4, -0.2) is 54.2 Å². The van der Waals surface area contributed by atoms with E-state index >= 15 is 0 Å². The molecule has 0 aromatic heterocycles. The van der Waals surface area contributed by atoms with Crippen LogP contribution in [0.2, 0.25) is 0 Å². The molecular weight excluding hydrogens is 266 g/mol. The minimum Gasteiger partial charge on any atom is -0.376 e. The first-order valence-corrected chi connectivity index (χ1v) is 8.56. The molecule has 0 aromatic carbocycles. The molecule has 3 unspecified atom stereocenters. The summed E-state index contributed by atoms with van der Waals surface area (Å²) in [6.45, 7) is 4.98. The number of amides is 1. The van der Waals surface area contributed by atoms with Crippen LogP contribution in [0.3, 0.4) is 0 Å². The summed E-state index contributed by atoms with van der Waals surface area (Å²) in [4.78, 5) is 14.6. The summed E-state index contributed by atoms with van der Waals surface area (Å²) in [5.41, 5.74) is 5.31. The standard InChI is InChI=1S/C16H29N3O2/c1-2-14-11-19(8-9-21-14)13-4-3-7-16(10-13,15(17)20)18-12-5-6-12/h12-14,18H,2-11H2,1H3,(H2,17,20). The fraction of sp³-hybridized carbons (Fsp3) is 0.938. The Morgan fingerprint density at radius 1 is 1.43 bits per heavy atom. The highest BCUT2D eigenvalue weighted by molar-refractivity contribution is 5.85. The van der Waals surface area contributed by atoms with Gasteiger partial charge in [-0.05, 0) is 44.9 Å². The lowest BCUT2D eigenvalue weighted by atomic mass is 9.77. The van der Waals surface area contributed by atoms with Crippen molar-refractivity contribution in [3.63, 3.8) is 0 Å². The molecule has 120 valence electrons. The first-order valence-electron chi connectivity index (χ1n) is 8.56. The Kier molecular flexibility index (Phi) is 4.52. The van der Waals surface area contributed by atoms with Crippen molar-refractivity contribution in [3.05, 3.63) is 0 Å². The fourth-order valence-corrected chi connectivity index (χ4v) is 3.92. The number of nitrogens with one attached hydrogen (secondary N) is 1. The lowest BCUT2D eigenvalue weighted by molar-refractivity contribution is -0.127. The highest BCUT2D eigenvalue weighted by atomic mass is 16.5. The number of nitrogens with two attached hydrogens (primary N) is 1. The topological polar surface area (TPSA) is 67.6 Å². The van der Waals surface area contributed by atoms with Gasteiger partial charge in [0.05, 0.1) is 18.2 Å². The van der Waals surface area contributed by atoms with Crippen molar-refractivity contribution in [2.75, 3.05) is 19.7 Å². The van der Waals surface area contributed by atoms with Crippen molar-refractivity contribution in [2.45, 2.75) is 75.6 Å². The SMILES string of the molecule is CCC1CN(C2CCCC(NC3CC3)(C(N)=O)C2)CCO1. The van der Waals surface area contributed by atoms with Gasteiger partial charge in [0.2, 0.25) is 5.91 Å². The molecule has 1 aliphatic heterocycles. The molecule has 5 heteroatoms. The normalized spacial score (nSPS) is 38.3. The van der Waals surface area contributed by atoms with E-state index in [9.17, 15) is 4.79 Å². The van der Waals surface area contributed by atoms with Crippen molar-refractivity contribution < 1.29 is 9.53 Å². The maximum Gasteiger partial charge on any atom is 0.237 e. The Labute approximate surface area is 127 Å². The molecule has 3 atom stereocenters. The number of carbonyl (C=O) groups excluding carboxylic acids is 1. The molecule has 0 aromatic rings. The molecule has 0 radical (unpaired) electrons. The predicted octanol–water partition coefficient (Wildman–Crippen LogP) is 1.02. The molecule has 2 aliphatic carbocycles. The first kappa shape index (κ1) is 15.3. The van der Waals surface area contributed by atoms with Gasteiger partial charge in [-0.25, -0.2) is 0 Å². The zero-order chi connectivity index (χ0) is 14.9. The minimum absolute atomic E-state index is 0.153. The monoisotopic (exact) mass is 295 g/mol. The van der Waals surface area contributed by atoms with Gasteiger partial charge in [0.1, 0.15) is 0 Å². The lowest BCUT2D eigenvalue weighted by Crippen LogP contribution is -2.62. The maximum absolute atomic E-state index is 12.1. The molecule has 2 saturated carbocycles. The van der Waals surface area contributed by atoms with Crippen molar-refractivity contribution in [1.82, 2.24) is 10.2 Å². The average molecular weight is 295 g/mol. The van der Waals surface area contributed by atoms with Gasteiger partial charge < -0.3 is 15.8 Å². The number of hydrogen-bond donors (Lipinski definition) is 2. The molecule has 1 saturated heterocycles. The summed E-state index contributed by atoms with van der Waals surface area (Å²) in [5, 5.41) is 3.57. The average Bonchev–Trinajstić information content (AvgIpc) is 3.31. The zero-order valence-electron chi connectivity index (χ0n) is 13.1. The Morgan fingerprint density at radius 3 is 2.90 bits per heavy atom. The molecule has 3 aliphatic rings. The number of ether oxygens (including phenoxy) is 1. The Balaban J connectivity index is 1.67. The molecule has 3 fully saturated rings. The summed E-state index contributed by atoms with van der Waals surface area (Å²) in [7, 11) is 0. The van der Waals surface area contributed by atoms with Gasteiger partial charge in [0.25, 0.3) is 0 Å². The number of rotatable bonds is 5. The second kappa shape index (κ2) is 6.23. The third-order valence-electron chi connectivity index (χ3n) is 5.40. The quantitative estimate of drug-likeness (QED) is 0.794. The minimum atomic E-state index is -0.468. The molecule has 0 spiro atoms. The summed E-state index contributed by atoms with van der Waals surface area (Å²) in [6.07, 6.45) is 7.82. The van der Waals surface area contributed by atoms with E-state index < -0.39 is 5.54 Å². The van der Waals surface area contributed by atoms with E-state index in [-0.39, 0.29) is 5.91 Å². The molecular formula is C16H29N3O2. The van der Waals surface area contributed by atoms with Crippen LogP contribution in [0.5, 0.6) is 0 Å². The van der Waals surface area contributed by atoms with Crippen molar-refractivity contribution in [2.24, 2.45) is 5.73 Å². The van der Waals surface area contributed by atoms with E-state index in [1.165, 1.54) is 19.3 Å². The zero-order valence-corrected chi connectivity index (χ0v) is 13.1. The third kappa shape index (κ3) is 3.41. The molecule has 21 heavy (non-hydrogen) atoms. The number of carbonyl (C=O) groups is 1. The molecule has 3 N–H and O–H groups in total. The van der Waals surface area contributed by atoms with Gasteiger partial charge in [-0.2, -0.15) is 0 Å². The molecule has 1 heterocycles. The van der Waals surface area contributed by atoms with E-state index in [4.69, 9.17) is 10.5 Å². The van der Waals surface area contributed by atoms with E-state index in [2.05, 4.69) is 17.1 Å². The van der Waals surface area contributed by atoms with E-state index in [0.717, 1.165) is 45.4 Å². The Bertz CT molecular complexity index is 386. The summed E-state index contributed by atoms with van der Waals surface area (Å²) < 4.78 is 5.77. The Hall–Kier alpha value is -0.650. The van der Waals surface area contributed by atoms with Gasteiger partial charge in [-0.3, -0.25) is 9.69 Å². The maximum atomic E-state index is 12.1. The highest BCUT2D eigenvalue weighted by Crippen LogP contribution is 2.35. The van der Waals surface area contributed by atoms with Gasteiger partial charge in [-0.1, -0.05) is 6.92 Å². The molecule has 3 rings (SSSR count). The number of hydrogen-bond acceptors (Lipinski definition) is 4. The van der Waals surface area contributed by atoms with Crippen LogP contribution in [-0.2, 0) is 9.53 Å². The van der Waals surface area contributed by atoms with Crippen LogP contribution in [0.4, 0.5) is 0 Å². The summed E-state index contributed by atoms with van der Waals surface area (Å²) in [5.74, 6) is -0.153. The first-order chi connectivity index (χ1) is 10.1. The van der Waals surface area contributed by atoms with Crippen molar-refractivity contribution >= 4 is 5.91 Å². The number of primary amides is 1. The second-order valence-electron chi connectivity index (χ2n) is 7.01. The molecule has 0 bridgehead atoms. The van der Waals surface area contributed by atoms with E-state index in [1.54, 1.807) is 0 Å². The van der Waals surface area contributed by atoms with Crippen LogP contribution in [0.15, 0.2) is 0 Å². The van der Waals surface area contributed by atoms with Crippen LogP contribution in [0, 0.1) is 0 Å². The van der Waals surface area contributed by atoms with Crippen LogP contribution in [0.1, 0.15) is 51.9 Å². The van der Waals surface area contributed by atoms with E-state index in [0.29, 0.717) is 18.2 Å². The number of nitrogens with zero attached hydrogens (tertiary/aromatic N) is 1.